The zero-order chi connectivity index (χ0) is 22.2. The molecule has 31 heavy (non-hydrogen) atoms. The van der Waals surface area contributed by atoms with Gasteiger partial charge in [0.1, 0.15) is 5.75 Å². The molecule has 0 saturated carbocycles. The van der Waals surface area contributed by atoms with Crippen molar-refractivity contribution in [1.29, 1.82) is 0 Å². The highest BCUT2D eigenvalue weighted by molar-refractivity contribution is 7.89. The van der Waals surface area contributed by atoms with Gasteiger partial charge in [0.15, 0.2) is 0 Å². The summed E-state index contributed by atoms with van der Waals surface area (Å²) in [6.07, 6.45) is -1.39. The molecular formula is C22H26N2O6S. The predicted molar refractivity (Wildman–Crippen MR) is 113 cm³/mol. The average Bonchev–Trinajstić information content (AvgIpc) is 3.23. The number of sulfonamides is 1. The molecular weight excluding hydrogens is 420 g/mol. The minimum absolute atomic E-state index is 0.0764. The van der Waals surface area contributed by atoms with Crippen LogP contribution in [0.3, 0.4) is 0 Å². The van der Waals surface area contributed by atoms with E-state index in [-0.39, 0.29) is 30.4 Å². The fraction of sp³-hybridized carbons (Fsp3) is 0.409. The molecule has 2 fully saturated rings. The summed E-state index contributed by atoms with van der Waals surface area (Å²) in [5, 5.41) is 10.5. The summed E-state index contributed by atoms with van der Waals surface area (Å²) in [7, 11) is -2.27. The molecule has 2 heterocycles. The van der Waals surface area contributed by atoms with E-state index in [0.717, 1.165) is 16.9 Å². The van der Waals surface area contributed by atoms with Gasteiger partial charge >= 0.3 is 0 Å². The largest absolute Gasteiger partial charge is 0.497 e. The number of methoxy groups -OCH3 is 1. The Bertz CT molecular complexity index is 1040. The van der Waals surface area contributed by atoms with Gasteiger partial charge in [0.2, 0.25) is 15.9 Å². The third-order valence-corrected chi connectivity index (χ3v) is 7.32. The molecule has 2 saturated heterocycles. The average molecular weight is 447 g/mol. The minimum Gasteiger partial charge on any atom is -0.497 e. The van der Waals surface area contributed by atoms with Gasteiger partial charge in [-0.25, -0.2) is 13.1 Å². The van der Waals surface area contributed by atoms with E-state index in [9.17, 15) is 18.3 Å². The van der Waals surface area contributed by atoms with Crippen LogP contribution in [0.4, 0.5) is 0 Å². The van der Waals surface area contributed by atoms with Crippen molar-refractivity contribution >= 4 is 15.9 Å². The Labute approximate surface area is 181 Å². The van der Waals surface area contributed by atoms with Crippen molar-refractivity contribution in [1.82, 2.24) is 9.62 Å². The number of aryl methyl sites for hydroxylation is 1. The van der Waals surface area contributed by atoms with Gasteiger partial charge in [-0.15, -0.1) is 0 Å². The molecule has 2 aromatic rings. The van der Waals surface area contributed by atoms with Crippen LogP contribution in [0.2, 0.25) is 0 Å². The Hall–Kier alpha value is -2.46. The molecule has 0 unspecified atom stereocenters. The Morgan fingerprint density at radius 1 is 1.13 bits per heavy atom. The standard InChI is InChI=1S/C22H26N2O6S/c1-14-3-9-17(10-4-14)31(27,28)23-21-18(25)12-24-20(26)11-19(22(21)24)30-13-15-5-7-16(29-2)8-6-15/h3-10,18-19,21-23,25H,11-13H2,1-2H3/t18-,19-,21-,22+/m0/s1. The van der Waals surface area contributed by atoms with Crippen molar-refractivity contribution in [2.45, 2.75) is 49.1 Å². The number of hydrogen-bond acceptors (Lipinski definition) is 6. The quantitative estimate of drug-likeness (QED) is 0.663. The van der Waals surface area contributed by atoms with Gasteiger partial charge in [-0.3, -0.25) is 4.79 Å². The van der Waals surface area contributed by atoms with E-state index < -0.39 is 34.3 Å². The highest BCUT2D eigenvalue weighted by Gasteiger charge is 2.53. The first-order valence-corrected chi connectivity index (χ1v) is 11.6. The maximum Gasteiger partial charge on any atom is 0.240 e. The highest BCUT2D eigenvalue weighted by atomic mass is 32.2. The van der Waals surface area contributed by atoms with E-state index in [2.05, 4.69) is 4.72 Å². The first-order valence-electron chi connectivity index (χ1n) is 10.1. The number of nitrogens with one attached hydrogen (secondary N) is 1. The number of ether oxygens (including phenoxy) is 2. The molecule has 9 heteroatoms. The molecule has 0 bridgehead atoms. The van der Waals surface area contributed by atoms with Crippen LogP contribution in [0.1, 0.15) is 17.5 Å². The van der Waals surface area contributed by atoms with Crippen molar-refractivity contribution in [3.05, 3.63) is 59.7 Å². The molecule has 0 aliphatic carbocycles. The molecule has 0 radical (unpaired) electrons. The lowest BCUT2D eigenvalue weighted by molar-refractivity contribution is -0.128. The summed E-state index contributed by atoms with van der Waals surface area (Å²) in [6, 6.07) is 12.4. The van der Waals surface area contributed by atoms with Crippen molar-refractivity contribution < 1.29 is 27.8 Å². The van der Waals surface area contributed by atoms with E-state index in [1.54, 1.807) is 19.2 Å². The minimum atomic E-state index is -3.87. The molecule has 2 aliphatic rings. The third kappa shape index (κ3) is 4.45. The van der Waals surface area contributed by atoms with E-state index >= 15 is 0 Å². The van der Waals surface area contributed by atoms with E-state index in [4.69, 9.17) is 9.47 Å². The SMILES string of the molecule is COc1ccc(CO[C@H]2CC(=O)N3C[C@H](O)[C@H](NS(=O)(=O)c4ccc(C)cc4)[C@@H]23)cc1. The maximum absolute atomic E-state index is 12.9. The van der Waals surface area contributed by atoms with Gasteiger partial charge in [-0.2, -0.15) is 0 Å². The van der Waals surface area contributed by atoms with Gasteiger partial charge in [-0.1, -0.05) is 29.8 Å². The molecule has 1 amide bonds. The van der Waals surface area contributed by atoms with Crippen LogP contribution < -0.4 is 9.46 Å². The number of carbonyl (C=O) groups excluding carboxylic acids is 1. The van der Waals surface area contributed by atoms with Crippen LogP contribution in [-0.2, 0) is 26.2 Å². The fourth-order valence-corrected chi connectivity index (χ4v) is 5.45. The number of carbonyl (C=O) groups is 1. The molecule has 166 valence electrons. The summed E-state index contributed by atoms with van der Waals surface area (Å²) in [5.74, 6) is 0.580. The van der Waals surface area contributed by atoms with Crippen molar-refractivity contribution in [2.75, 3.05) is 13.7 Å². The van der Waals surface area contributed by atoms with Crippen LogP contribution in [0.5, 0.6) is 5.75 Å². The molecule has 2 N–H and O–H groups in total. The number of aliphatic hydroxyl groups excluding tert-OH is 1. The van der Waals surface area contributed by atoms with Crippen LogP contribution in [0, 0.1) is 6.92 Å². The van der Waals surface area contributed by atoms with E-state index in [0.29, 0.717) is 0 Å². The molecule has 0 spiro atoms. The Balaban J connectivity index is 1.50. The first-order chi connectivity index (χ1) is 14.8. The molecule has 4 rings (SSSR count). The number of fused-ring (bicyclic) bond motifs is 1. The van der Waals surface area contributed by atoms with Gasteiger partial charge in [-0.05, 0) is 36.8 Å². The van der Waals surface area contributed by atoms with Gasteiger partial charge < -0.3 is 19.5 Å². The normalized spacial score (nSPS) is 25.6. The molecule has 2 aromatic carbocycles. The number of benzene rings is 2. The zero-order valence-electron chi connectivity index (χ0n) is 17.4. The van der Waals surface area contributed by atoms with Gasteiger partial charge in [0, 0.05) is 6.54 Å². The molecule has 2 aliphatic heterocycles. The topological polar surface area (TPSA) is 105 Å². The van der Waals surface area contributed by atoms with E-state index in [1.807, 2.05) is 31.2 Å². The second-order valence-electron chi connectivity index (χ2n) is 7.97. The smallest absolute Gasteiger partial charge is 0.240 e. The van der Waals surface area contributed by atoms with Gasteiger partial charge in [0.05, 0.1) is 49.3 Å². The molecule has 0 aromatic heterocycles. The Kier molecular flexibility index (Phi) is 6.02. The lowest BCUT2D eigenvalue weighted by atomic mass is 10.0. The monoisotopic (exact) mass is 446 g/mol. The van der Waals surface area contributed by atoms with Crippen LogP contribution in [0.25, 0.3) is 0 Å². The number of aliphatic hydroxyl groups is 1. The Morgan fingerprint density at radius 2 is 1.81 bits per heavy atom. The van der Waals surface area contributed by atoms with Gasteiger partial charge in [0.25, 0.3) is 0 Å². The maximum atomic E-state index is 12.9. The van der Waals surface area contributed by atoms with Crippen LogP contribution >= 0.6 is 0 Å². The van der Waals surface area contributed by atoms with Crippen molar-refractivity contribution in [2.24, 2.45) is 0 Å². The second-order valence-corrected chi connectivity index (χ2v) is 9.68. The summed E-state index contributed by atoms with van der Waals surface area (Å²) in [6.45, 7) is 2.21. The van der Waals surface area contributed by atoms with Crippen LogP contribution in [-0.4, -0.2) is 62.3 Å². The fourth-order valence-electron chi connectivity index (χ4n) is 4.16. The lowest BCUT2D eigenvalue weighted by Crippen LogP contribution is -2.51. The molecule has 4 atom stereocenters. The number of rotatable bonds is 7. The van der Waals surface area contributed by atoms with E-state index in [1.165, 1.54) is 17.0 Å². The number of hydrogen-bond donors (Lipinski definition) is 2. The van der Waals surface area contributed by atoms with Crippen molar-refractivity contribution in [3.8, 4) is 5.75 Å². The second kappa shape index (κ2) is 8.58. The molecule has 8 nitrogen and oxygen atoms in total. The summed E-state index contributed by atoms with van der Waals surface area (Å²) >= 11 is 0. The third-order valence-electron chi connectivity index (χ3n) is 5.85. The van der Waals surface area contributed by atoms with Crippen molar-refractivity contribution in [3.63, 3.8) is 0 Å². The lowest BCUT2D eigenvalue weighted by Gasteiger charge is -2.27. The summed E-state index contributed by atoms with van der Waals surface area (Å²) in [5.41, 5.74) is 1.85. The summed E-state index contributed by atoms with van der Waals surface area (Å²) < 4.78 is 39.5. The van der Waals surface area contributed by atoms with Crippen LogP contribution in [0.15, 0.2) is 53.4 Å². The summed E-state index contributed by atoms with van der Waals surface area (Å²) in [4.78, 5) is 14.1. The predicted octanol–water partition coefficient (Wildman–Crippen LogP) is 1.21. The number of amides is 1. The zero-order valence-corrected chi connectivity index (χ0v) is 18.2. The highest BCUT2D eigenvalue weighted by Crippen LogP contribution is 2.33. The Morgan fingerprint density at radius 3 is 2.45 bits per heavy atom. The number of nitrogens with zero attached hydrogens (tertiary/aromatic N) is 1. The first kappa shape index (κ1) is 21.8.